The Morgan fingerprint density at radius 1 is 1.69 bits per heavy atom. The van der Waals surface area contributed by atoms with Crippen molar-refractivity contribution in [2.24, 2.45) is 5.73 Å². The molecule has 1 atom stereocenters. The molecule has 1 rings (SSSR count). The molecule has 1 aromatic heterocycles. The van der Waals surface area contributed by atoms with Gasteiger partial charge >= 0.3 is 4.87 Å². The number of aromatic nitrogens is 1. The summed E-state index contributed by atoms with van der Waals surface area (Å²) < 4.78 is 0. The molecule has 1 heterocycles. The van der Waals surface area contributed by atoms with E-state index in [-0.39, 0.29) is 16.8 Å². The van der Waals surface area contributed by atoms with Crippen molar-refractivity contribution in [3.8, 4) is 0 Å². The van der Waals surface area contributed by atoms with Crippen LogP contribution in [0.1, 0.15) is 31.9 Å². The minimum Gasteiger partial charge on any atom is -0.350 e. The lowest BCUT2D eigenvalue weighted by Crippen LogP contribution is -2.31. The molecular formula is C10H17N3O2S. The number of H-pyrrole nitrogens is 1. The Bertz CT molecular complexity index is 385. The van der Waals surface area contributed by atoms with Crippen LogP contribution in [-0.2, 0) is 11.3 Å². The fraction of sp³-hybridized carbons (Fsp3) is 0.600. The number of hydrogen-bond donors (Lipinski definition) is 3. The highest BCUT2D eigenvalue weighted by Crippen LogP contribution is 1.99. The Morgan fingerprint density at radius 3 is 3.00 bits per heavy atom. The lowest BCUT2D eigenvalue weighted by Gasteiger charge is -2.09. The number of carbonyl (C=O) groups is 1. The van der Waals surface area contributed by atoms with Crippen LogP contribution in [0.5, 0.6) is 0 Å². The predicted molar refractivity (Wildman–Crippen MR) is 64.3 cm³/mol. The maximum Gasteiger partial charge on any atom is 0.304 e. The summed E-state index contributed by atoms with van der Waals surface area (Å²) in [4.78, 5) is 24.8. The number of thiazole rings is 1. The van der Waals surface area contributed by atoms with Gasteiger partial charge in [0.05, 0.1) is 6.54 Å². The zero-order valence-corrected chi connectivity index (χ0v) is 10.1. The predicted octanol–water partition coefficient (Wildman–Crippen LogP) is 0.570. The molecular weight excluding hydrogens is 226 g/mol. The van der Waals surface area contributed by atoms with Crippen LogP contribution in [0.4, 0.5) is 0 Å². The van der Waals surface area contributed by atoms with Gasteiger partial charge in [0.1, 0.15) is 0 Å². The summed E-state index contributed by atoms with van der Waals surface area (Å²) >= 11 is 1.09. The second-order valence-electron chi connectivity index (χ2n) is 3.70. The molecule has 0 fully saturated rings. The van der Waals surface area contributed by atoms with Gasteiger partial charge in [0.25, 0.3) is 0 Å². The first-order chi connectivity index (χ1) is 7.61. The highest BCUT2D eigenvalue weighted by molar-refractivity contribution is 7.07. The summed E-state index contributed by atoms with van der Waals surface area (Å²) in [5.41, 5.74) is 6.47. The van der Waals surface area contributed by atoms with Gasteiger partial charge in [-0.3, -0.25) is 9.59 Å². The fourth-order valence-electron chi connectivity index (χ4n) is 1.38. The lowest BCUT2D eigenvalue weighted by atomic mass is 10.1. The molecule has 1 amide bonds. The van der Waals surface area contributed by atoms with Gasteiger partial charge in [-0.15, -0.1) is 0 Å². The van der Waals surface area contributed by atoms with Crippen molar-refractivity contribution in [2.45, 2.75) is 38.8 Å². The van der Waals surface area contributed by atoms with Gasteiger partial charge in [0.2, 0.25) is 5.91 Å². The van der Waals surface area contributed by atoms with E-state index in [1.165, 1.54) is 0 Å². The number of nitrogens with two attached hydrogens (primary N) is 1. The van der Waals surface area contributed by atoms with E-state index in [4.69, 9.17) is 5.73 Å². The number of aromatic amines is 1. The number of rotatable bonds is 6. The molecule has 16 heavy (non-hydrogen) atoms. The molecule has 0 spiro atoms. The van der Waals surface area contributed by atoms with Crippen molar-refractivity contribution < 1.29 is 4.79 Å². The lowest BCUT2D eigenvalue weighted by molar-refractivity contribution is -0.121. The van der Waals surface area contributed by atoms with Gasteiger partial charge in [-0.25, -0.2) is 0 Å². The molecule has 0 aliphatic carbocycles. The first-order valence-corrected chi connectivity index (χ1v) is 6.18. The van der Waals surface area contributed by atoms with Crippen molar-refractivity contribution in [1.82, 2.24) is 10.3 Å². The summed E-state index contributed by atoms with van der Waals surface area (Å²) in [6.45, 7) is 2.39. The molecule has 0 aliphatic rings. The first kappa shape index (κ1) is 12.9. The van der Waals surface area contributed by atoms with Gasteiger partial charge in [0, 0.05) is 23.5 Å². The van der Waals surface area contributed by atoms with Gasteiger partial charge < -0.3 is 16.0 Å². The Hall–Kier alpha value is -1.14. The third kappa shape index (κ3) is 4.59. The highest BCUT2D eigenvalue weighted by Gasteiger charge is 2.08. The van der Waals surface area contributed by atoms with E-state index in [1.807, 2.05) is 6.92 Å². The van der Waals surface area contributed by atoms with Crippen molar-refractivity contribution in [1.29, 1.82) is 0 Å². The molecule has 0 radical (unpaired) electrons. The average Bonchev–Trinajstić information content (AvgIpc) is 2.61. The largest absolute Gasteiger partial charge is 0.350 e. The van der Waals surface area contributed by atoms with Gasteiger partial charge in [-0.2, -0.15) is 0 Å². The zero-order chi connectivity index (χ0) is 12.0. The average molecular weight is 243 g/mol. The second kappa shape index (κ2) is 6.44. The molecule has 0 aliphatic heterocycles. The van der Waals surface area contributed by atoms with Gasteiger partial charge in [-0.1, -0.05) is 24.7 Å². The molecule has 0 saturated heterocycles. The number of nitrogens with one attached hydrogen (secondary N) is 2. The maximum atomic E-state index is 11.4. The molecule has 90 valence electrons. The second-order valence-corrected chi connectivity index (χ2v) is 4.55. The molecule has 1 aromatic rings. The SMILES string of the molecule is CCCC(N)CC(=O)NCc1csc(=O)[nH]1. The van der Waals surface area contributed by atoms with Crippen LogP contribution in [0.3, 0.4) is 0 Å². The normalized spacial score (nSPS) is 12.4. The van der Waals surface area contributed by atoms with Crippen molar-refractivity contribution in [3.63, 3.8) is 0 Å². The summed E-state index contributed by atoms with van der Waals surface area (Å²) in [6, 6.07) is -0.0773. The highest BCUT2D eigenvalue weighted by atomic mass is 32.1. The van der Waals surface area contributed by atoms with Crippen LogP contribution in [-0.4, -0.2) is 16.9 Å². The van der Waals surface area contributed by atoms with E-state index in [0.29, 0.717) is 13.0 Å². The summed E-state index contributed by atoms with van der Waals surface area (Å²) in [5, 5.41) is 4.42. The molecule has 0 aromatic carbocycles. The van der Waals surface area contributed by atoms with Crippen molar-refractivity contribution in [2.75, 3.05) is 0 Å². The molecule has 6 heteroatoms. The summed E-state index contributed by atoms with van der Waals surface area (Å²) in [5.74, 6) is -0.0759. The van der Waals surface area contributed by atoms with E-state index < -0.39 is 0 Å². The molecule has 5 nitrogen and oxygen atoms in total. The number of hydrogen-bond acceptors (Lipinski definition) is 4. The molecule has 0 saturated carbocycles. The minimum absolute atomic E-state index is 0.0759. The van der Waals surface area contributed by atoms with Gasteiger partial charge in [-0.05, 0) is 6.42 Å². The Labute approximate surface area is 98.1 Å². The van der Waals surface area contributed by atoms with Crippen LogP contribution in [0.2, 0.25) is 0 Å². The molecule has 4 N–H and O–H groups in total. The Balaban J connectivity index is 2.27. The van der Waals surface area contributed by atoms with Crippen LogP contribution in [0, 0.1) is 0 Å². The minimum atomic E-state index is -0.105. The first-order valence-electron chi connectivity index (χ1n) is 5.30. The van der Waals surface area contributed by atoms with E-state index in [0.717, 1.165) is 29.9 Å². The molecule has 1 unspecified atom stereocenters. The monoisotopic (exact) mass is 243 g/mol. The number of carbonyl (C=O) groups excluding carboxylic acids is 1. The zero-order valence-electron chi connectivity index (χ0n) is 9.29. The van der Waals surface area contributed by atoms with Crippen LogP contribution in [0.15, 0.2) is 10.2 Å². The Morgan fingerprint density at radius 2 is 2.44 bits per heavy atom. The van der Waals surface area contributed by atoms with Crippen LogP contribution >= 0.6 is 11.3 Å². The summed E-state index contributed by atoms with van der Waals surface area (Å²) in [7, 11) is 0. The van der Waals surface area contributed by atoms with Crippen LogP contribution in [0.25, 0.3) is 0 Å². The summed E-state index contributed by atoms with van der Waals surface area (Å²) in [6.07, 6.45) is 2.16. The quantitative estimate of drug-likeness (QED) is 0.682. The molecule has 0 bridgehead atoms. The third-order valence-electron chi connectivity index (χ3n) is 2.15. The van der Waals surface area contributed by atoms with Gasteiger partial charge in [0.15, 0.2) is 0 Å². The third-order valence-corrected chi connectivity index (χ3v) is 2.87. The van der Waals surface area contributed by atoms with Crippen LogP contribution < -0.4 is 15.9 Å². The van der Waals surface area contributed by atoms with E-state index in [1.54, 1.807) is 5.38 Å². The van der Waals surface area contributed by atoms with E-state index >= 15 is 0 Å². The topological polar surface area (TPSA) is 88.0 Å². The van der Waals surface area contributed by atoms with Crippen molar-refractivity contribution in [3.05, 3.63) is 20.7 Å². The van der Waals surface area contributed by atoms with Crippen molar-refractivity contribution >= 4 is 17.2 Å². The standard InChI is InChI=1S/C10H17N3O2S/c1-2-3-7(11)4-9(14)12-5-8-6-16-10(15)13-8/h6-7H,2-5,11H2,1H3,(H,12,14)(H,13,15). The Kier molecular flexibility index (Phi) is 5.21. The fourth-order valence-corrected chi connectivity index (χ4v) is 1.96. The number of amides is 1. The maximum absolute atomic E-state index is 11.4. The smallest absolute Gasteiger partial charge is 0.304 e. The van der Waals surface area contributed by atoms with E-state index in [9.17, 15) is 9.59 Å². The van der Waals surface area contributed by atoms with E-state index in [2.05, 4.69) is 10.3 Å².